The summed E-state index contributed by atoms with van der Waals surface area (Å²) in [5.41, 5.74) is 1.38. The molecule has 1 aromatic carbocycles. The molecule has 1 saturated heterocycles. The van der Waals surface area contributed by atoms with E-state index in [0.717, 1.165) is 44.7 Å². The Labute approximate surface area is 142 Å². The Morgan fingerprint density at radius 2 is 2.12 bits per heavy atom. The van der Waals surface area contributed by atoms with Crippen LogP contribution in [0.4, 0.5) is 0 Å². The van der Waals surface area contributed by atoms with E-state index in [1.807, 2.05) is 42.2 Å². The molecule has 1 aliphatic heterocycles. The van der Waals surface area contributed by atoms with Gasteiger partial charge in [-0.05, 0) is 31.7 Å². The maximum Gasteiger partial charge on any atom is 0.272 e. The largest absolute Gasteiger partial charge is 0.381 e. The number of piperidine rings is 1. The minimum atomic E-state index is -0.0178. The Kier molecular flexibility index (Phi) is 5.54. The first-order valence-electron chi connectivity index (χ1n) is 8.53. The molecule has 1 amide bonds. The zero-order chi connectivity index (χ0) is 16.8. The Balaban J connectivity index is 1.73. The lowest BCUT2D eigenvalue weighted by Gasteiger charge is -2.32. The van der Waals surface area contributed by atoms with Gasteiger partial charge in [-0.25, -0.2) is 9.97 Å². The molecule has 0 aliphatic carbocycles. The monoisotopic (exact) mass is 325 g/mol. The summed E-state index contributed by atoms with van der Waals surface area (Å²) in [7, 11) is 0. The van der Waals surface area contributed by atoms with Crippen molar-refractivity contribution < 1.29 is 9.53 Å². The van der Waals surface area contributed by atoms with Crippen molar-refractivity contribution in [2.45, 2.75) is 19.8 Å². The van der Waals surface area contributed by atoms with Gasteiger partial charge in [0.2, 0.25) is 0 Å². The highest BCUT2D eigenvalue weighted by atomic mass is 16.5. The zero-order valence-electron chi connectivity index (χ0n) is 14.0. The molecular weight excluding hydrogens is 302 g/mol. The number of nitrogens with zero attached hydrogens (tertiary/aromatic N) is 3. The van der Waals surface area contributed by atoms with E-state index in [2.05, 4.69) is 9.97 Å². The molecule has 0 spiro atoms. The fraction of sp³-hybridized carbons (Fsp3) is 0.421. The predicted molar refractivity (Wildman–Crippen MR) is 92.6 cm³/mol. The van der Waals surface area contributed by atoms with Crippen LogP contribution in [0, 0.1) is 5.92 Å². The van der Waals surface area contributed by atoms with Crippen LogP contribution in [-0.2, 0) is 4.74 Å². The van der Waals surface area contributed by atoms with Crippen LogP contribution in [0.1, 0.15) is 30.3 Å². The van der Waals surface area contributed by atoms with E-state index >= 15 is 0 Å². The van der Waals surface area contributed by atoms with Gasteiger partial charge in [-0.2, -0.15) is 0 Å². The summed E-state index contributed by atoms with van der Waals surface area (Å²) in [6.45, 7) is 4.96. The van der Waals surface area contributed by atoms with Crippen LogP contribution in [0.15, 0.2) is 42.6 Å². The van der Waals surface area contributed by atoms with Gasteiger partial charge in [0.05, 0.1) is 6.61 Å². The summed E-state index contributed by atoms with van der Waals surface area (Å²) in [4.78, 5) is 23.5. The fourth-order valence-electron chi connectivity index (χ4n) is 3.04. The Morgan fingerprint density at radius 1 is 1.29 bits per heavy atom. The molecule has 126 valence electrons. The smallest absolute Gasteiger partial charge is 0.272 e. The second kappa shape index (κ2) is 8.02. The van der Waals surface area contributed by atoms with E-state index in [-0.39, 0.29) is 5.91 Å². The first-order valence-corrected chi connectivity index (χ1v) is 8.53. The number of aromatic nitrogens is 2. The predicted octanol–water partition coefficient (Wildman–Crippen LogP) is 3.03. The molecule has 2 heterocycles. The highest BCUT2D eigenvalue weighted by Crippen LogP contribution is 2.20. The highest BCUT2D eigenvalue weighted by Gasteiger charge is 2.25. The topological polar surface area (TPSA) is 55.3 Å². The van der Waals surface area contributed by atoms with E-state index in [1.54, 1.807) is 12.3 Å². The van der Waals surface area contributed by atoms with Gasteiger partial charge in [0.25, 0.3) is 5.91 Å². The normalized spacial score (nSPS) is 17.7. The van der Waals surface area contributed by atoms with E-state index < -0.39 is 0 Å². The summed E-state index contributed by atoms with van der Waals surface area (Å²) >= 11 is 0. The van der Waals surface area contributed by atoms with Crippen molar-refractivity contribution in [2.24, 2.45) is 5.92 Å². The van der Waals surface area contributed by atoms with Crippen LogP contribution in [0.5, 0.6) is 0 Å². The van der Waals surface area contributed by atoms with Crippen LogP contribution >= 0.6 is 0 Å². The number of rotatable bonds is 5. The van der Waals surface area contributed by atoms with Crippen molar-refractivity contribution >= 4 is 5.91 Å². The molecule has 0 N–H and O–H groups in total. The van der Waals surface area contributed by atoms with Gasteiger partial charge in [0, 0.05) is 31.5 Å². The summed E-state index contributed by atoms with van der Waals surface area (Å²) in [6, 6.07) is 11.4. The maximum absolute atomic E-state index is 12.8. The van der Waals surface area contributed by atoms with Crippen LogP contribution in [0.25, 0.3) is 11.4 Å². The Bertz CT molecular complexity index is 675. The molecule has 24 heavy (non-hydrogen) atoms. The average Bonchev–Trinajstić information content (AvgIpc) is 2.67. The number of benzene rings is 1. The molecule has 0 radical (unpaired) electrons. The standard InChI is InChI=1S/C19H23N3O2/c1-2-24-14-15-7-6-12-22(13-15)19(23)17-10-11-20-18(21-17)16-8-4-3-5-9-16/h3-5,8-11,15H,2,6-7,12-14H2,1H3. The molecule has 1 aliphatic rings. The molecular formula is C19H23N3O2. The van der Waals surface area contributed by atoms with Gasteiger partial charge in [-0.15, -0.1) is 0 Å². The van der Waals surface area contributed by atoms with Crippen molar-refractivity contribution in [1.29, 1.82) is 0 Å². The fourth-order valence-corrected chi connectivity index (χ4v) is 3.04. The molecule has 1 unspecified atom stereocenters. The van der Waals surface area contributed by atoms with Gasteiger partial charge in [-0.1, -0.05) is 30.3 Å². The minimum Gasteiger partial charge on any atom is -0.381 e. The lowest BCUT2D eigenvalue weighted by atomic mass is 9.98. The number of amides is 1. The number of likely N-dealkylation sites (tertiary alicyclic amines) is 1. The highest BCUT2D eigenvalue weighted by molar-refractivity contribution is 5.92. The maximum atomic E-state index is 12.8. The van der Waals surface area contributed by atoms with Gasteiger partial charge in [0.15, 0.2) is 5.82 Å². The van der Waals surface area contributed by atoms with Crippen LogP contribution < -0.4 is 0 Å². The number of hydrogen-bond acceptors (Lipinski definition) is 4. The van der Waals surface area contributed by atoms with Crippen molar-refractivity contribution in [2.75, 3.05) is 26.3 Å². The molecule has 1 fully saturated rings. The van der Waals surface area contributed by atoms with E-state index in [9.17, 15) is 4.79 Å². The van der Waals surface area contributed by atoms with Crippen molar-refractivity contribution in [1.82, 2.24) is 14.9 Å². The third kappa shape index (κ3) is 3.97. The van der Waals surface area contributed by atoms with Crippen molar-refractivity contribution in [3.8, 4) is 11.4 Å². The SMILES string of the molecule is CCOCC1CCCN(C(=O)c2ccnc(-c3ccccc3)n2)C1. The molecule has 0 saturated carbocycles. The van der Waals surface area contributed by atoms with Gasteiger partial charge in [0.1, 0.15) is 5.69 Å². The van der Waals surface area contributed by atoms with Gasteiger partial charge < -0.3 is 9.64 Å². The van der Waals surface area contributed by atoms with E-state index in [1.165, 1.54) is 0 Å². The Morgan fingerprint density at radius 3 is 2.92 bits per heavy atom. The Hall–Kier alpha value is -2.27. The first kappa shape index (κ1) is 16.6. The lowest BCUT2D eigenvalue weighted by molar-refractivity contribution is 0.0496. The summed E-state index contributed by atoms with van der Waals surface area (Å²) < 4.78 is 5.52. The molecule has 1 atom stereocenters. The third-order valence-corrected chi connectivity index (χ3v) is 4.27. The molecule has 3 rings (SSSR count). The molecule has 1 aromatic heterocycles. The lowest BCUT2D eigenvalue weighted by Crippen LogP contribution is -2.41. The number of carbonyl (C=O) groups is 1. The summed E-state index contributed by atoms with van der Waals surface area (Å²) in [5, 5.41) is 0. The van der Waals surface area contributed by atoms with Crippen molar-refractivity contribution in [3.05, 3.63) is 48.3 Å². The zero-order valence-corrected chi connectivity index (χ0v) is 14.0. The van der Waals surface area contributed by atoms with Crippen LogP contribution in [-0.4, -0.2) is 47.1 Å². The average molecular weight is 325 g/mol. The third-order valence-electron chi connectivity index (χ3n) is 4.27. The summed E-state index contributed by atoms with van der Waals surface area (Å²) in [6.07, 6.45) is 3.78. The number of ether oxygens (including phenoxy) is 1. The van der Waals surface area contributed by atoms with Gasteiger partial charge in [-0.3, -0.25) is 4.79 Å². The second-order valence-corrected chi connectivity index (χ2v) is 6.05. The minimum absolute atomic E-state index is 0.0178. The molecule has 5 nitrogen and oxygen atoms in total. The second-order valence-electron chi connectivity index (χ2n) is 6.05. The number of carbonyl (C=O) groups excluding carboxylic acids is 1. The number of hydrogen-bond donors (Lipinski definition) is 0. The first-order chi connectivity index (χ1) is 11.8. The molecule has 5 heteroatoms. The molecule has 0 bridgehead atoms. The van der Waals surface area contributed by atoms with E-state index in [0.29, 0.717) is 17.4 Å². The van der Waals surface area contributed by atoms with E-state index in [4.69, 9.17) is 4.74 Å². The van der Waals surface area contributed by atoms with Crippen molar-refractivity contribution in [3.63, 3.8) is 0 Å². The van der Waals surface area contributed by atoms with Gasteiger partial charge >= 0.3 is 0 Å². The van der Waals surface area contributed by atoms with Crippen LogP contribution in [0.2, 0.25) is 0 Å². The molecule has 2 aromatic rings. The quantitative estimate of drug-likeness (QED) is 0.848. The van der Waals surface area contributed by atoms with Crippen LogP contribution in [0.3, 0.4) is 0 Å². The summed E-state index contributed by atoms with van der Waals surface area (Å²) in [5.74, 6) is 0.984.